The fourth-order valence-electron chi connectivity index (χ4n) is 1.78. The van der Waals surface area contributed by atoms with Crippen LogP contribution in [0.5, 0.6) is 0 Å². The van der Waals surface area contributed by atoms with Crippen LogP contribution in [0.25, 0.3) is 0 Å². The Morgan fingerprint density at radius 3 is 2.80 bits per heavy atom. The van der Waals surface area contributed by atoms with Gasteiger partial charge in [-0.1, -0.05) is 17.8 Å². The lowest BCUT2D eigenvalue weighted by atomic mass is 10.3. The van der Waals surface area contributed by atoms with Crippen LogP contribution in [0.4, 0.5) is 11.6 Å². The quantitative estimate of drug-likeness (QED) is 0.364. The van der Waals surface area contributed by atoms with Crippen LogP contribution in [0, 0.1) is 0 Å². The summed E-state index contributed by atoms with van der Waals surface area (Å²) in [6.45, 7) is 3.61. The molecule has 7 heteroatoms. The van der Waals surface area contributed by atoms with E-state index in [1.54, 1.807) is 6.20 Å². The van der Waals surface area contributed by atoms with Gasteiger partial charge < -0.3 is 10.3 Å². The molecule has 2 rings (SSSR count). The zero-order chi connectivity index (χ0) is 14.4. The molecule has 0 saturated carbocycles. The van der Waals surface area contributed by atoms with Crippen molar-refractivity contribution in [2.75, 3.05) is 23.1 Å². The third kappa shape index (κ3) is 3.58. The smallest absolute Gasteiger partial charge is 0.191 e. The van der Waals surface area contributed by atoms with E-state index in [4.69, 9.17) is 5.84 Å². The first-order valence-electron chi connectivity index (χ1n) is 6.31. The highest BCUT2D eigenvalue weighted by atomic mass is 32.2. The standard InChI is InChI=1S/C13H18N6S/c1-3-19(9-10-6-4-5-7-15-10)12-8-11(18-14)16-13(17-12)20-2/h4-8H,3,9,14H2,1-2H3,(H,16,17,18). The van der Waals surface area contributed by atoms with Crippen molar-refractivity contribution in [3.05, 3.63) is 36.2 Å². The van der Waals surface area contributed by atoms with E-state index in [0.29, 0.717) is 17.5 Å². The first-order valence-corrected chi connectivity index (χ1v) is 7.53. The van der Waals surface area contributed by atoms with Crippen LogP contribution in [-0.2, 0) is 6.54 Å². The van der Waals surface area contributed by atoms with E-state index >= 15 is 0 Å². The van der Waals surface area contributed by atoms with Gasteiger partial charge >= 0.3 is 0 Å². The van der Waals surface area contributed by atoms with Crippen molar-refractivity contribution in [2.24, 2.45) is 5.84 Å². The molecule has 2 heterocycles. The molecule has 0 unspecified atom stereocenters. The molecule has 0 aliphatic carbocycles. The molecule has 0 bridgehead atoms. The van der Waals surface area contributed by atoms with Gasteiger partial charge in [-0.3, -0.25) is 4.98 Å². The van der Waals surface area contributed by atoms with Gasteiger partial charge in [-0.05, 0) is 25.3 Å². The predicted molar refractivity (Wildman–Crippen MR) is 82.6 cm³/mol. The molecular weight excluding hydrogens is 272 g/mol. The largest absolute Gasteiger partial charge is 0.351 e. The molecule has 20 heavy (non-hydrogen) atoms. The third-order valence-electron chi connectivity index (χ3n) is 2.81. The lowest BCUT2D eigenvalue weighted by molar-refractivity contribution is 0.777. The molecule has 0 saturated heterocycles. The van der Waals surface area contributed by atoms with Crippen LogP contribution in [0.15, 0.2) is 35.6 Å². The van der Waals surface area contributed by atoms with Crippen LogP contribution < -0.4 is 16.2 Å². The van der Waals surface area contributed by atoms with E-state index in [1.807, 2.05) is 30.5 Å². The number of aromatic nitrogens is 3. The molecule has 0 aliphatic heterocycles. The first-order chi connectivity index (χ1) is 9.76. The minimum atomic E-state index is 0.610. The minimum Gasteiger partial charge on any atom is -0.351 e. The van der Waals surface area contributed by atoms with Crippen LogP contribution in [-0.4, -0.2) is 27.8 Å². The van der Waals surface area contributed by atoms with E-state index in [2.05, 4.69) is 32.2 Å². The number of nitrogens with one attached hydrogen (secondary N) is 1. The second kappa shape index (κ2) is 7.06. The van der Waals surface area contributed by atoms with Gasteiger partial charge in [-0.15, -0.1) is 0 Å². The van der Waals surface area contributed by atoms with E-state index in [9.17, 15) is 0 Å². The molecule has 0 aliphatic rings. The van der Waals surface area contributed by atoms with Gasteiger partial charge in [-0.2, -0.15) is 0 Å². The lowest BCUT2D eigenvalue weighted by Gasteiger charge is -2.22. The van der Waals surface area contributed by atoms with Gasteiger partial charge in [0.25, 0.3) is 0 Å². The molecule has 0 aromatic carbocycles. The predicted octanol–water partition coefficient (Wildman–Crippen LogP) is 1.91. The highest BCUT2D eigenvalue weighted by molar-refractivity contribution is 7.98. The number of nitrogens with zero attached hydrogens (tertiary/aromatic N) is 4. The number of anilines is 2. The average molecular weight is 290 g/mol. The molecule has 3 N–H and O–H groups in total. The van der Waals surface area contributed by atoms with Crippen molar-refractivity contribution in [3.8, 4) is 0 Å². The Bertz CT molecular complexity index is 526. The molecule has 0 atom stereocenters. The van der Waals surface area contributed by atoms with Crippen molar-refractivity contribution >= 4 is 23.4 Å². The minimum absolute atomic E-state index is 0.610. The van der Waals surface area contributed by atoms with E-state index in [-0.39, 0.29) is 0 Å². The number of pyridine rings is 1. The Hall–Kier alpha value is -1.86. The number of thioether (sulfide) groups is 1. The van der Waals surface area contributed by atoms with E-state index < -0.39 is 0 Å². The zero-order valence-corrected chi connectivity index (χ0v) is 12.4. The number of rotatable bonds is 6. The molecule has 0 spiro atoms. The van der Waals surface area contributed by atoms with Crippen molar-refractivity contribution < 1.29 is 0 Å². The molecule has 6 nitrogen and oxygen atoms in total. The third-order valence-corrected chi connectivity index (χ3v) is 3.36. The Morgan fingerprint density at radius 1 is 1.35 bits per heavy atom. The maximum Gasteiger partial charge on any atom is 0.191 e. The first kappa shape index (κ1) is 14.5. The van der Waals surface area contributed by atoms with Crippen molar-refractivity contribution in [3.63, 3.8) is 0 Å². The molecule has 0 radical (unpaired) electrons. The SMILES string of the molecule is CCN(Cc1ccccn1)c1cc(NN)nc(SC)n1. The molecule has 0 fully saturated rings. The summed E-state index contributed by atoms with van der Waals surface area (Å²) in [4.78, 5) is 15.3. The highest BCUT2D eigenvalue weighted by Crippen LogP contribution is 2.21. The number of nitrogens with two attached hydrogens (primary N) is 1. The lowest BCUT2D eigenvalue weighted by Crippen LogP contribution is -2.24. The Kier molecular flexibility index (Phi) is 5.14. The van der Waals surface area contributed by atoms with Gasteiger partial charge in [0.05, 0.1) is 12.2 Å². The van der Waals surface area contributed by atoms with Gasteiger partial charge in [0.1, 0.15) is 11.6 Å². The van der Waals surface area contributed by atoms with Gasteiger partial charge in [-0.25, -0.2) is 15.8 Å². The Balaban J connectivity index is 2.26. The second-order valence-electron chi connectivity index (χ2n) is 4.08. The molecule has 2 aromatic heterocycles. The van der Waals surface area contributed by atoms with Crippen LogP contribution >= 0.6 is 11.8 Å². The molecule has 2 aromatic rings. The summed E-state index contributed by atoms with van der Waals surface area (Å²) < 4.78 is 0. The Morgan fingerprint density at radius 2 is 2.20 bits per heavy atom. The second-order valence-corrected chi connectivity index (χ2v) is 4.85. The van der Waals surface area contributed by atoms with Crippen LogP contribution in [0.3, 0.4) is 0 Å². The highest BCUT2D eigenvalue weighted by Gasteiger charge is 2.11. The maximum atomic E-state index is 5.46. The van der Waals surface area contributed by atoms with Crippen molar-refractivity contribution in [1.29, 1.82) is 0 Å². The maximum absolute atomic E-state index is 5.46. The molecule has 0 amide bonds. The summed E-state index contributed by atoms with van der Waals surface area (Å²) >= 11 is 1.49. The summed E-state index contributed by atoms with van der Waals surface area (Å²) in [5.41, 5.74) is 3.58. The number of hydrazine groups is 1. The fourth-order valence-corrected chi connectivity index (χ4v) is 2.16. The molecular formula is C13H18N6S. The summed E-state index contributed by atoms with van der Waals surface area (Å²) in [7, 11) is 0. The summed E-state index contributed by atoms with van der Waals surface area (Å²) in [6, 6.07) is 7.73. The van der Waals surface area contributed by atoms with Gasteiger partial charge in [0.15, 0.2) is 5.16 Å². The Labute approximate surface area is 122 Å². The van der Waals surface area contributed by atoms with Gasteiger partial charge in [0.2, 0.25) is 0 Å². The summed E-state index contributed by atoms with van der Waals surface area (Å²) in [6.07, 6.45) is 3.73. The zero-order valence-electron chi connectivity index (χ0n) is 11.6. The summed E-state index contributed by atoms with van der Waals surface area (Å²) in [5.74, 6) is 6.90. The normalized spacial score (nSPS) is 10.3. The van der Waals surface area contributed by atoms with Crippen LogP contribution in [0.1, 0.15) is 12.6 Å². The number of hydrogen-bond donors (Lipinski definition) is 2. The monoisotopic (exact) mass is 290 g/mol. The average Bonchev–Trinajstić information content (AvgIpc) is 2.53. The van der Waals surface area contributed by atoms with Gasteiger partial charge in [0, 0.05) is 18.8 Å². The van der Waals surface area contributed by atoms with E-state index in [0.717, 1.165) is 18.1 Å². The number of nitrogen functional groups attached to an aromatic ring is 1. The van der Waals surface area contributed by atoms with Crippen molar-refractivity contribution in [2.45, 2.75) is 18.6 Å². The topological polar surface area (TPSA) is 80.0 Å². The van der Waals surface area contributed by atoms with E-state index in [1.165, 1.54) is 11.8 Å². The van der Waals surface area contributed by atoms with Crippen LogP contribution in [0.2, 0.25) is 0 Å². The van der Waals surface area contributed by atoms with Crippen molar-refractivity contribution in [1.82, 2.24) is 15.0 Å². The number of hydrogen-bond acceptors (Lipinski definition) is 7. The summed E-state index contributed by atoms with van der Waals surface area (Å²) in [5, 5.41) is 0.690. The molecule has 106 valence electrons. The fraction of sp³-hybridized carbons (Fsp3) is 0.308.